The summed E-state index contributed by atoms with van der Waals surface area (Å²) in [6.45, 7) is 5.17. The molecule has 110 valence electrons. The molecular weight excluding hydrogens is 269 g/mol. The molecule has 1 aliphatic rings. The summed E-state index contributed by atoms with van der Waals surface area (Å²) in [7, 11) is 0. The van der Waals surface area contributed by atoms with Crippen molar-refractivity contribution in [3.8, 4) is 0 Å². The summed E-state index contributed by atoms with van der Waals surface area (Å²) in [6.07, 6.45) is -4.33. The Balaban J connectivity index is 2.09. The molecule has 0 atom stereocenters. The van der Waals surface area contributed by atoms with Gasteiger partial charge in [-0.05, 0) is 31.5 Å². The third-order valence-corrected chi connectivity index (χ3v) is 3.43. The number of halogens is 3. The minimum atomic E-state index is -4.33. The highest BCUT2D eigenvalue weighted by Gasteiger charge is 2.35. The molecule has 0 bridgehead atoms. The van der Waals surface area contributed by atoms with Gasteiger partial charge < -0.3 is 10.2 Å². The van der Waals surface area contributed by atoms with Gasteiger partial charge >= 0.3 is 6.18 Å². The first-order valence-corrected chi connectivity index (χ1v) is 6.41. The number of hydrogen-bond donors (Lipinski definition) is 1. The van der Waals surface area contributed by atoms with Gasteiger partial charge in [-0.25, -0.2) is 0 Å². The Labute approximate surface area is 115 Å². The van der Waals surface area contributed by atoms with Crippen LogP contribution in [0, 0.1) is 0 Å². The number of nitrogens with zero attached hydrogens (tertiary/aromatic N) is 1. The molecule has 1 aromatic rings. The Kier molecular flexibility index (Phi) is 3.77. The second-order valence-corrected chi connectivity index (χ2v) is 5.47. The molecule has 2 rings (SSSR count). The maximum atomic E-state index is 12.5. The SMILES string of the molecule is CC1(C)NCCN(Cc2ccc(C(F)(F)F)cc2)C1=O. The molecule has 1 saturated heterocycles. The van der Waals surface area contributed by atoms with E-state index in [0.717, 1.165) is 12.1 Å². The van der Waals surface area contributed by atoms with E-state index in [2.05, 4.69) is 5.32 Å². The molecule has 6 heteroatoms. The summed E-state index contributed by atoms with van der Waals surface area (Å²) >= 11 is 0. The van der Waals surface area contributed by atoms with Gasteiger partial charge in [-0.1, -0.05) is 12.1 Å². The molecular formula is C14H17F3N2O. The Hall–Kier alpha value is -1.56. The Bertz CT molecular complexity index is 494. The molecule has 1 aliphatic heterocycles. The largest absolute Gasteiger partial charge is 0.416 e. The van der Waals surface area contributed by atoms with Crippen molar-refractivity contribution in [1.82, 2.24) is 10.2 Å². The highest BCUT2D eigenvalue weighted by Crippen LogP contribution is 2.29. The predicted molar refractivity (Wildman–Crippen MR) is 68.9 cm³/mol. The number of piperazine rings is 1. The fourth-order valence-corrected chi connectivity index (χ4v) is 2.25. The number of amides is 1. The molecule has 1 fully saturated rings. The molecule has 0 aliphatic carbocycles. The molecule has 0 spiro atoms. The number of alkyl halides is 3. The van der Waals surface area contributed by atoms with Gasteiger partial charge in [-0.15, -0.1) is 0 Å². The average Bonchev–Trinajstić information content (AvgIpc) is 2.34. The van der Waals surface area contributed by atoms with Crippen molar-refractivity contribution in [2.24, 2.45) is 0 Å². The molecule has 1 heterocycles. The topological polar surface area (TPSA) is 32.3 Å². The van der Waals surface area contributed by atoms with Crippen LogP contribution in [-0.4, -0.2) is 29.4 Å². The van der Waals surface area contributed by atoms with Gasteiger partial charge in [0, 0.05) is 19.6 Å². The van der Waals surface area contributed by atoms with Crippen molar-refractivity contribution >= 4 is 5.91 Å². The number of carbonyl (C=O) groups is 1. The maximum Gasteiger partial charge on any atom is 0.416 e. The zero-order valence-corrected chi connectivity index (χ0v) is 11.4. The molecule has 0 unspecified atom stereocenters. The first-order valence-electron chi connectivity index (χ1n) is 6.41. The zero-order valence-electron chi connectivity index (χ0n) is 11.4. The summed E-state index contributed by atoms with van der Waals surface area (Å²) in [5.41, 5.74) is -0.596. The monoisotopic (exact) mass is 286 g/mol. The van der Waals surface area contributed by atoms with Crippen LogP contribution in [0.1, 0.15) is 25.0 Å². The standard InChI is InChI=1S/C14H17F3N2O/c1-13(2)12(20)19(8-7-18-13)9-10-3-5-11(6-4-10)14(15,16)17/h3-6,18H,7-9H2,1-2H3. The van der Waals surface area contributed by atoms with Crippen LogP contribution in [0.2, 0.25) is 0 Å². The molecule has 1 N–H and O–H groups in total. The van der Waals surface area contributed by atoms with E-state index in [1.165, 1.54) is 12.1 Å². The molecule has 0 aromatic heterocycles. The Morgan fingerprint density at radius 3 is 2.40 bits per heavy atom. The highest BCUT2D eigenvalue weighted by molar-refractivity contribution is 5.86. The molecule has 1 amide bonds. The number of nitrogens with one attached hydrogen (secondary N) is 1. The molecule has 0 radical (unpaired) electrons. The lowest BCUT2D eigenvalue weighted by Crippen LogP contribution is -2.60. The van der Waals surface area contributed by atoms with Crippen LogP contribution >= 0.6 is 0 Å². The van der Waals surface area contributed by atoms with Crippen molar-refractivity contribution in [2.45, 2.75) is 32.1 Å². The van der Waals surface area contributed by atoms with E-state index >= 15 is 0 Å². The summed E-state index contributed by atoms with van der Waals surface area (Å²) in [6, 6.07) is 4.94. The quantitative estimate of drug-likeness (QED) is 0.905. The summed E-state index contributed by atoms with van der Waals surface area (Å²) in [5, 5.41) is 3.11. The van der Waals surface area contributed by atoms with E-state index in [1.807, 2.05) is 0 Å². The summed E-state index contributed by atoms with van der Waals surface area (Å²) in [5.74, 6) is -0.0383. The van der Waals surface area contributed by atoms with E-state index in [4.69, 9.17) is 0 Å². The van der Waals surface area contributed by atoms with E-state index in [0.29, 0.717) is 25.2 Å². The zero-order chi connectivity index (χ0) is 15.0. The van der Waals surface area contributed by atoms with Crippen LogP contribution in [0.5, 0.6) is 0 Å². The molecule has 20 heavy (non-hydrogen) atoms. The van der Waals surface area contributed by atoms with Gasteiger partial charge in [0.15, 0.2) is 0 Å². The van der Waals surface area contributed by atoms with E-state index < -0.39 is 17.3 Å². The average molecular weight is 286 g/mol. The van der Waals surface area contributed by atoms with Crippen molar-refractivity contribution in [2.75, 3.05) is 13.1 Å². The number of rotatable bonds is 2. The van der Waals surface area contributed by atoms with Gasteiger partial charge in [0.2, 0.25) is 5.91 Å². The predicted octanol–water partition coefficient (Wildman–Crippen LogP) is 2.42. The Morgan fingerprint density at radius 1 is 1.25 bits per heavy atom. The van der Waals surface area contributed by atoms with Gasteiger partial charge in [0.25, 0.3) is 0 Å². The van der Waals surface area contributed by atoms with Crippen molar-refractivity contribution in [3.63, 3.8) is 0 Å². The van der Waals surface area contributed by atoms with Crippen molar-refractivity contribution < 1.29 is 18.0 Å². The lowest BCUT2D eigenvalue weighted by Gasteiger charge is -2.38. The lowest BCUT2D eigenvalue weighted by atomic mass is 10.00. The summed E-state index contributed by atoms with van der Waals surface area (Å²) in [4.78, 5) is 13.8. The number of carbonyl (C=O) groups excluding carboxylic acids is 1. The first kappa shape index (κ1) is 14.8. The van der Waals surface area contributed by atoms with Crippen LogP contribution in [0.15, 0.2) is 24.3 Å². The maximum absolute atomic E-state index is 12.5. The van der Waals surface area contributed by atoms with E-state index in [-0.39, 0.29) is 5.91 Å². The fourth-order valence-electron chi connectivity index (χ4n) is 2.25. The van der Waals surface area contributed by atoms with E-state index in [9.17, 15) is 18.0 Å². The first-order chi connectivity index (χ1) is 9.20. The molecule has 1 aromatic carbocycles. The van der Waals surface area contributed by atoms with Crippen molar-refractivity contribution in [1.29, 1.82) is 0 Å². The van der Waals surface area contributed by atoms with Crippen LogP contribution in [0.3, 0.4) is 0 Å². The minimum absolute atomic E-state index is 0.0383. The third kappa shape index (κ3) is 3.12. The minimum Gasteiger partial charge on any atom is -0.336 e. The molecule has 3 nitrogen and oxygen atoms in total. The van der Waals surface area contributed by atoms with Crippen LogP contribution in [-0.2, 0) is 17.5 Å². The van der Waals surface area contributed by atoms with Gasteiger partial charge in [0.05, 0.1) is 11.1 Å². The second kappa shape index (κ2) is 5.09. The Morgan fingerprint density at radius 2 is 1.85 bits per heavy atom. The normalized spacial score (nSPS) is 19.2. The fraction of sp³-hybridized carbons (Fsp3) is 0.500. The summed E-state index contributed by atoms with van der Waals surface area (Å²) < 4.78 is 37.4. The van der Waals surface area contributed by atoms with Gasteiger partial charge in [-0.2, -0.15) is 13.2 Å². The molecule has 0 saturated carbocycles. The van der Waals surface area contributed by atoms with Gasteiger partial charge in [-0.3, -0.25) is 4.79 Å². The third-order valence-electron chi connectivity index (χ3n) is 3.43. The van der Waals surface area contributed by atoms with Crippen LogP contribution < -0.4 is 5.32 Å². The smallest absolute Gasteiger partial charge is 0.336 e. The number of benzene rings is 1. The second-order valence-electron chi connectivity index (χ2n) is 5.47. The van der Waals surface area contributed by atoms with E-state index in [1.54, 1.807) is 18.7 Å². The van der Waals surface area contributed by atoms with Gasteiger partial charge in [0.1, 0.15) is 0 Å². The van der Waals surface area contributed by atoms with Crippen molar-refractivity contribution in [3.05, 3.63) is 35.4 Å². The van der Waals surface area contributed by atoms with Crippen LogP contribution in [0.25, 0.3) is 0 Å². The number of hydrogen-bond acceptors (Lipinski definition) is 2. The highest BCUT2D eigenvalue weighted by atomic mass is 19.4. The lowest BCUT2D eigenvalue weighted by molar-refractivity contribution is -0.140. The van der Waals surface area contributed by atoms with Crippen LogP contribution in [0.4, 0.5) is 13.2 Å².